The lowest BCUT2D eigenvalue weighted by Crippen LogP contribution is -2.53. The van der Waals surface area contributed by atoms with Crippen LogP contribution in [-0.4, -0.2) is 40.1 Å². The summed E-state index contributed by atoms with van der Waals surface area (Å²) in [4.78, 5) is 17.0. The van der Waals surface area contributed by atoms with Crippen molar-refractivity contribution < 1.29 is 9.90 Å². The minimum absolute atomic E-state index is 0.157. The van der Waals surface area contributed by atoms with E-state index in [0.717, 1.165) is 0 Å². The number of carbonyl (C=O) groups is 1. The van der Waals surface area contributed by atoms with Gasteiger partial charge >= 0.3 is 0 Å². The predicted octanol–water partition coefficient (Wildman–Crippen LogP) is -0.520. The van der Waals surface area contributed by atoms with Gasteiger partial charge in [-0.3, -0.25) is 4.79 Å². The van der Waals surface area contributed by atoms with Gasteiger partial charge in [0.1, 0.15) is 5.69 Å². The number of nitrogen functional groups attached to an aromatic ring is 1. The van der Waals surface area contributed by atoms with Crippen LogP contribution in [-0.2, 0) is 0 Å². The van der Waals surface area contributed by atoms with E-state index in [4.69, 9.17) is 10.8 Å². The summed E-state index contributed by atoms with van der Waals surface area (Å²) in [5.74, 6) is -0.157. The molecule has 1 aromatic heterocycles. The largest absolute Gasteiger partial charge is 0.397 e. The maximum atomic E-state index is 11.6. The van der Waals surface area contributed by atoms with Crippen LogP contribution in [0.2, 0.25) is 0 Å². The minimum Gasteiger partial charge on any atom is -0.397 e. The normalized spacial score (nSPS) is 16.5. The minimum atomic E-state index is -0.382. The second-order valence-electron chi connectivity index (χ2n) is 3.34. The maximum absolute atomic E-state index is 11.6. The zero-order chi connectivity index (χ0) is 10.1. The first kappa shape index (κ1) is 8.96. The molecule has 5 heteroatoms. The van der Waals surface area contributed by atoms with Gasteiger partial charge in [-0.15, -0.1) is 0 Å². The number of nitrogens with two attached hydrogens (primary N) is 1. The fourth-order valence-corrected chi connectivity index (χ4v) is 1.31. The zero-order valence-corrected chi connectivity index (χ0v) is 7.55. The number of β-amino-alcohol motifs (C(OH)–C–C–N with tert-alkyl or cyclic N) is 1. The van der Waals surface area contributed by atoms with E-state index in [1.807, 2.05) is 0 Å². The fourth-order valence-electron chi connectivity index (χ4n) is 1.31. The van der Waals surface area contributed by atoms with Gasteiger partial charge in [-0.1, -0.05) is 0 Å². The Morgan fingerprint density at radius 1 is 1.57 bits per heavy atom. The summed E-state index contributed by atoms with van der Waals surface area (Å²) in [5, 5.41) is 9.02. The van der Waals surface area contributed by atoms with Crippen LogP contribution >= 0.6 is 0 Å². The summed E-state index contributed by atoms with van der Waals surface area (Å²) in [6, 6.07) is 3.22. The molecule has 0 bridgehead atoms. The van der Waals surface area contributed by atoms with Gasteiger partial charge in [0.2, 0.25) is 0 Å². The number of aliphatic hydroxyl groups is 1. The van der Waals surface area contributed by atoms with Gasteiger partial charge in [0.25, 0.3) is 5.91 Å². The van der Waals surface area contributed by atoms with Crippen LogP contribution in [0.5, 0.6) is 0 Å². The van der Waals surface area contributed by atoms with Gasteiger partial charge in [0, 0.05) is 13.1 Å². The third kappa shape index (κ3) is 1.54. The highest BCUT2D eigenvalue weighted by Gasteiger charge is 2.29. The van der Waals surface area contributed by atoms with Crippen molar-refractivity contribution in [2.45, 2.75) is 6.10 Å². The Balaban J connectivity index is 2.08. The topological polar surface area (TPSA) is 79.5 Å². The first-order valence-corrected chi connectivity index (χ1v) is 4.35. The SMILES string of the molecule is Nc1ccc(C(=O)N2CC(O)C2)nc1. The lowest BCUT2D eigenvalue weighted by molar-refractivity contribution is 0.00551. The van der Waals surface area contributed by atoms with E-state index in [9.17, 15) is 4.79 Å². The number of pyridine rings is 1. The number of aromatic nitrogens is 1. The second-order valence-corrected chi connectivity index (χ2v) is 3.34. The van der Waals surface area contributed by atoms with Gasteiger partial charge in [0.15, 0.2) is 0 Å². The van der Waals surface area contributed by atoms with Crippen molar-refractivity contribution in [3.63, 3.8) is 0 Å². The van der Waals surface area contributed by atoms with Crippen molar-refractivity contribution in [1.29, 1.82) is 0 Å². The number of rotatable bonds is 1. The maximum Gasteiger partial charge on any atom is 0.272 e. The molecule has 5 nitrogen and oxygen atoms in total. The molecule has 1 aliphatic heterocycles. The summed E-state index contributed by atoms with van der Waals surface area (Å²) in [7, 11) is 0. The highest BCUT2D eigenvalue weighted by molar-refractivity contribution is 5.93. The van der Waals surface area contributed by atoms with Crippen molar-refractivity contribution in [2.75, 3.05) is 18.8 Å². The summed E-state index contributed by atoms with van der Waals surface area (Å²) >= 11 is 0. The Bertz CT molecular complexity index is 344. The molecule has 2 heterocycles. The van der Waals surface area contributed by atoms with E-state index in [1.54, 1.807) is 17.0 Å². The van der Waals surface area contributed by atoms with E-state index in [1.165, 1.54) is 6.20 Å². The molecule has 0 saturated carbocycles. The molecule has 0 spiro atoms. The lowest BCUT2D eigenvalue weighted by atomic mass is 10.1. The zero-order valence-electron chi connectivity index (χ0n) is 7.55. The van der Waals surface area contributed by atoms with Crippen LogP contribution < -0.4 is 5.73 Å². The second kappa shape index (κ2) is 3.26. The third-order valence-corrected chi connectivity index (χ3v) is 2.15. The van der Waals surface area contributed by atoms with Crippen LogP contribution in [0.4, 0.5) is 5.69 Å². The standard InChI is InChI=1S/C9H11N3O2/c10-6-1-2-8(11-3-6)9(14)12-4-7(13)5-12/h1-3,7,13H,4-5,10H2. The number of aliphatic hydroxyl groups excluding tert-OH is 1. The lowest BCUT2D eigenvalue weighted by Gasteiger charge is -2.35. The van der Waals surface area contributed by atoms with E-state index in [0.29, 0.717) is 24.5 Å². The molecule has 1 saturated heterocycles. The average molecular weight is 193 g/mol. The molecule has 0 radical (unpaired) electrons. The van der Waals surface area contributed by atoms with Gasteiger partial charge in [0.05, 0.1) is 18.0 Å². The van der Waals surface area contributed by atoms with Gasteiger partial charge in [-0.25, -0.2) is 4.98 Å². The number of amides is 1. The molecule has 2 rings (SSSR count). The van der Waals surface area contributed by atoms with Crippen molar-refractivity contribution in [3.05, 3.63) is 24.0 Å². The van der Waals surface area contributed by atoms with Gasteiger partial charge in [-0.2, -0.15) is 0 Å². The van der Waals surface area contributed by atoms with E-state index in [-0.39, 0.29) is 12.0 Å². The predicted molar refractivity (Wildman–Crippen MR) is 50.6 cm³/mol. The molecule has 0 unspecified atom stereocenters. The molecule has 14 heavy (non-hydrogen) atoms. The Morgan fingerprint density at radius 3 is 2.79 bits per heavy atom. The number of hydrogen-bond acceptors (Lipinski definition) is 4. The molecular weight excluding hydrogens is 182 g/mol. The van der Waals surface area contributed by atoms with Crippen LogP contribution in [0.25, 0.3) is 0 Å². The Kier molecular flexibility index (Phi) is 2.09. The molecule has 1 aliphatic rings. The highest BCUT2D eigenvalue weighted by atomic mass is 16.3. The number of hydrogen-bond donors (Lipinski definition) is 2. The number of likely N-dealkylation sites (tertiary alicyclic amines) is 1. The van der Waals surface area contributed by atoms with E-state index in [2.05, 4.69) is 4.98 Å². The van der Waals surface area contributed by atoms with E-state index >= 15 is 0 Å². The number of carbonyl (C=O) groups excluding carboxylic acids is 1. The molecule has 0 aliphatic carbocycles. The summed E-state index contributed by atoms with van der Waals surface area (Å²) < 4.78 is 0. The van der Waals surface area contributed by atoms with Crippen LogP contribution in [0.1, 0.15) is 10.5 Å². The molecule has 1 aromatic rings. The highest BCUT2D eigenvalue weighted by Crippen LogP contribution is 2.12. The van der Waals surface area contributed by atoms with Gasteiger partial charge in [-0.05, 0) is 12.1 Å². The van der Waals surface area contributed by atoms with Crippen LogP contribution in [0.15, 0.2) is 18.3 Å². The summed E-state index contributed by atoms with van der Waals surface area (Å²) in [6.45, 7) is 0.787. The average Bonchev–Trinajstić information content (AvgIpc) is 2.13. The van der Waals surface area contributed by atoms with Crippen molar-refractivity contribution in [1.82, 2.24) is 9.88 Å². The molecule has 3 N–H and O–H groups in total. The molecule has 0 aromatic carbocycles. The number of anilines is 1. The first-order chi connectivity index (χ1) is 6.66. The molecular formula is C9H11N3O2. The molecule has 1 amide bonds. The van der Waals surface area contributed by atoms with Crippen LogP contribution in [0, 0.1) is 0 Å². The third-order valence-electron chi connectivity index (χ3n) is 2.15. The smallest absolute Gasteiger partial charge is 0.272 e. The van der Waals surface area contributed by atoms with Crippen molar-refractivity contribution in [2.24, 2.45) is 0 Å². The number of nitrogens with zero attached hydrogens (tertiary/aromatic N) is 2. The summed E-state index contributed by atoms with van der Waals surface area (Å²) in [6.07, 6.45) is 1.07. The monoisotopic (exact) mass is 193 g/mol. The molecule has 1 fully saturated rings. The van der Waals surface area contributed by atoms with Crippen molar-refractivity contribution >= 4 is 11.6 Å². The summed E-state index contributed by atoms with van der Waals surface area (Å²) in [5.41, 5.74) is 6.34. The Hall–Kier alpha value is -1.62. The van der Waals surface area contributed by atoms with Crippen molar-refractivity contribution in [3.8, 4) is 0 Å². The quantitative estimate of drug-likeness (QED) is 0.629. The fraction of sp³-hybridized carbons (Fsp3) is 0.333. The van der Waals surface area contributed by atoms with Crippen LogP contribution in [0.3, 0.4) is 0 Å². The Labute approximate surface area is 81.2 Å². The Morgan fingerprint density at radius 2 is 2.29 bits per heavy atom. The first-order valence-electron chi connectivity index (χ1n) is 4.35. The van der Waals surface area contributed by atoms with E-state index < -0.39 is 0 Å². The van der Waals surface area contributed by atoms with Gasteiger partial charge < -0.3 is 15.7 Å². The molecule has 74 valence electrons. The molecule has 0 atom stereocenters.